The zero-order valence-corrected chi connectivity index (χ0v) is 17.0. The quantitative estimate of drug-likeness (QED) is 0.605. The van der Waals surface area contributed by atoms with Crippen LogP contribution < -0.4 is 10.0 Å². The van der Waals surface area contributed by atoms with Crippen LogP contribution in [0, 0.1) is 5.82 Å². The minimum atomic E-state index is -3.70. The van der Waals surface area contributed by atoms with Crippen LogP contribution in [0.15, 0.2) is 48.5 Å². The number of methoxy groups -OCH3 is 1. The molecular formula is C20H23FN2O5S. The summed E-state index contributed by atoms with van der Waals surface area (Å²) in [5.74, 6) is -1.69. The van der Waals surface area contributed by atoms with Gasteiger partial charge in [-0.05, 0) is 36.6 Å². The van der Waals surface area contributed by atoms with E-state index in [9.17, 15) is 22.4 Å². The van der Waals surface area contributed by atoms with Gasteiger partial charge >= 0.3 is 5.97 Å². The second kappa shape index (κ2) is 10.0. The molecule has 0 saturated heterocycles. The molecule has 0 unspecified atom stereocenters. The summed E-state index contributed by atoms with van der Waals surface area (Å²) < 4.78 is 43.3. The molecule has 1 amide bonds. The average molecular weight is 422 g/mol. The first kappa shape index (κ1) is 22.4. The Morgan fingerprint density at radius 1 is 1.14 bits per heavy atom. The number of carbonyl (C=O) groups excluding carboxylic acids is 2. The zero-order valence-electron chi connectivity index (χ0n) is 16.1. The number of halogens is 1. The summed E-state index contributed by atoms with van der Waals surface area (Å²) in [5.41, 5.74) is 0.754. The van der Waals surface area contributed by atoms with Crippen LogP contribution in [-0.4, -0.2) is 39.7 Å². The van der Waals surface area contributed by atoms with Crippen LogP contribution in [0.5, 0.6) is 0 Å². The van der Waals surface area contributed by atoms with Gasteiger partial charge in [0.1, 0.15) is 5.82 Å². The van der Waals surface area contributed by atoms with Crippen molar-refractivity contribution in [3.63, 3.8) is 0 Å². The van der Waals surface area contributed by atoms with Crippen LogP contribution in [0.4, 0.5) is 10.1 Å². The lowest BCUT2D eigenvalue weighted by atomic mass is 10.0. The van der Waals surface area contributed by atoms with Gasteiger partial charge in [-0.3, -0.25) is 14.3 Å². The summed E-state index contributed by atoms with van der Waals surface area (Å²) in [7, 11) is -2.41. The van der Waals surface area contributed by atoms with Gasteiger partial charge in [-0.15, -0.1) is 0 Å². The van der Waals surface area contributed by atoms with E-state index in [1.165, 1.54) is 13.2 Å². The Hall–Kier alpha value is -2.94. The van der Waals surface area contributed by atoms with Crippen molar-refractivity contribution in [1.29, 1.82) is 0 Å². The normalized spacial score (nSPS) is 12.1. The van der Waals surface area contributed by atoms with E-state index in [-0.39, 0.29) is 23.7 Å². The molecule has 156 valence electrons. The monoisotopic (exact) mass is 422 g/mol. The molecule has 0 aliphatic rings. The third kappa shape index (κ3) is 7.53. The number of amides is 1. The molecule has 29 heavy (non-hydrogen) atoms. The molecule has 2 rings (SSSR count). The Kier molecular flexibility index (Phi) is 7.72. The lowest BCUT2D eigenvalue weighted by Crippen LogP contribution is -2.37. The first-order chi connectivity index (χ1) is 13.7. The van der Waals surface area contributed by atoms with E-state index >= 15 is 0 Å². The fourth-order valence-corrected chi connectivity index (χ4v) is 3.29. The Balaban J connectivity index is 2.17. The van der Waals surface area contributed by atoms with Crippen molar-refractivity contribution in [1.82, 2.24) is 5.32 Å². The number of sulfonamides is 1. The fraction of sp³-hybridized carbons (Fsp3) is 0.300. The van der Waals surface area contributed by atoms with E-state index in [4.69, 9.17) is 0 Å². The molecule has 1 atom stereocenters. The van der Waals surface area contributed by atoms with Gasteiger partial charge in [0.25, 0.3) is 5.91 Å². The first-order valence-electron chi connectivity index (χ1n) is 8.87. The highest BCUT2D eigenvalue weighted by Crippen LogP contribution is 2.18. The van der Waals surface area contributed by atoms with Gasteiger partial charge in [-0.25, -0.2) is 12.8 Å². The van der Waals surface area contributed by atoms with Crippen molar-refractivity contribution >= 4 is 27.6 Å². The number of nitrogens with one attached hydrogen (secondary N) is 2. The van der Waals surface area contributed by atoms with Crippen LogP contribution in [0.2, 0.25) is 0 Å². The SMILES string of the molecule is COC(=O)CC[C@@H](Cc1ccccc1)NC(=O)c1ccc(F)c(NS(C)(=O)=O)c1. The molecule has 0 saturated carbocycles. The first-order valence-corrected chi connectivity index (χ1v) is 10.8. The van der Waals surface area contributed by atoms with Gasteiger partial charge in [0.2, 0.25) is 10.0 Å². The molecule has 2 aromatic carbocycles. The van der Waals surface area contributed by atoms with Gasteiger partial charge < -0.3 is 10.1 Å². The third-order valence-electron chi connectivity index (χ3n) is 4.11. The Morgan fingerprint density at radius 2 is 1.83 bits per heavy atom. The van der Waals surface area contributed by atoms with Gasteiger partial charge in [0.05, 0.1) is 19.1 Å². The van der Waals surface area contributed by atoms with Crippen molar-refractivity contribution in [2.45, 2.75) is 25.3 Å². The third-order valence-corrected chi connectivity index (χ3v) is 4.70. The molecule has 0 heterocycles. The molecule has 0 spiro atoms. The van der Waals surface area contributed by atoms with Crippen molar-refractivity contribution in [2.75, 3.05) is 18.1 Å². The van der Waals surface area contributed by atoms with E-state index < -0.39 is 27.7 Å². The lowest BCUT2D eigenvalue weighted by Gasteiger charge is -2.19. The smallest absolute Gasteiger partial charge is 0.305 e. The van der Waals surface area contributed by atoms with Crippen molar-refractivity contribution in [3.8, 4) is 0 Å². The summed E-state index contributed by atoms with van der Waals surface area (Å²) in [6, 6.07) is 12.5. The van der Waals surface area contributed by atoms with E-state index in [1.807, 2.05) is 35.1 Å². The van der Waals surface area contributed by atoms with Gasteiger partial charge in [0.15, 0.2) is 0 Å². The highest BCUT2D eigenvalue weighted by Gasteiger charge is 2.18. The molecule has 2 N–H and O–H groups in total. The predicted molar refractivity (Wildman–Crippen MR) is 108 cm³/mol. The number of esters is 1. The maximum atomic E-state index is 13.9. The molecule has 0 aliphatic carbocycles. The van der Waals surface area contributed by atoms with Gasteiger partial charge in [-0.2, -0.15) is 0 Å². The van der Waals surface area contributed by atoms with Crippen LogP contribution >= 0.6 is 0 Å². The van der Waals surface area contributed by atoms with Gasteiger partial charge in [0, 0.05) is 18.0 Å². The van der Waals surface area contributed by atoms with Crippen LogP contribution in [-0.2, 0) is 26.0 Å². The summed E-state index contributed by atoms with van der Waals surface area (Å²) in [6.07, 6.45) is 1.85. The van der Waals surface area contributed by atoms with E-state index in [2.05, 4.69) is 10.1 Å². The van der Waals surface area contributed by atoms with Crippen LogP contribution in [0.1, 0.15) is 28.8 Å². The van der Waals surface area contributed by atoms with E-state index in [0.29, 0.717) is 12.8 Å². The van der Waals surface area contributed by atoms with E-state index in [1.54, 1.807) is 0 Å². The molecular weight excluding hydrogens is 399 g/mol. The minimum absolute atomic E-state index is 0.0914. The van der Waals surface area contributed by atoms with Crippen LogP contribution in [0.3, 0.4) is 0 Å². The highest BCUT2D eigenvalue weighted by atomic mass is 32.2. The molecule has 2 aromatic rings. The molecule has 0 radical (unpaired) electrons. The number of carbonyl (C=O) groups is 2. The molecule has 0 fully saturated rings. The standard InChI is InChI=1S/C20H23FN2O5S/c1-28-19(24)11-9-16(12-14-6-4-3-5-7-14)22-20(25)15-8-10-17(21)18(13-15)23-29(2,26)27/h3-8,10,13,16,23H,9,11-12H2,1-2H3,(H,22,25)/t16-/m0/s1. The minimum Gasteiger partial charge on any atom is -0.469 e. The van der Waals surface area contributed by atoms with Crippen molar-refractivity contribution < 1.29 is 27.1 Å². The number of rotatable bonds is 9. The summed E-state index contributed by atoms with van der Waals surface area (Å²) in [6.45, 7) is 0. The molecule has 0 aromatic heterocycles. The zero-order chi connectivity index (χ0) is 21.4. The topological polar surface area (TPSA) is 102 Å². The number of anilines is 1. The molecule has 0 aliphatic heterocycles. The number of benzene rings is 2. The molecule has 9 heteroatoms. The number of hydrogen-bond donors (Lipinski definition) is 2. The Bertz CT molecular complexity index is 964. The van der Waals surface area contributed by atoms with Crippen LogP contribution in [0.25, 0.3) is 0 Å². The second-order valence-electron chi connectivity index (χ2n) is 6.54. The summed E-state index contributed by atoms with van der Waals surface area (Å²) in [5, 5.41) is 2.82. The Labute approximate surface area is 169 Å². The number of ether oxygens (including phenoxy) is 1. The fourth-order valence-electron chi connectivity index (χ4n) is 2.73. The number of hydrogen-bond acceptors (Lipinski definition) is 5. The van der Waals surface area contributed by atoms with E-state index in [0.717, 1.165) is 24.0 Å². The average Bonchev–Trinajstić information content (AvgIpc) is 2.67. The second-order valence-corrected chi connectivity index (χ2v) is 8.29. The summed E-state index contributed by atoms with van der Waals surface area (Å²) in [4.78, 5) is 24.2. The van der Waals surface area contributed by atoms with Gasteiger partial charge in [-0.1, -0.05) is 30.3 Å². The highest BCUT2D eigenvalue weighted by molar-refractivity contribution is 7.92. The lowest BCUT2D eigenvalue weighted by molar-refractivity contribution is -0.140. The predicted octanol–water partition coefficient (Wildman–Crippen LogP) is 2.49. The molecule has 0 bridgehead atoms. The largest absolute Gasteiger partial charge is 0.469 e. The van der Waals surface area contributed by atoms with Crippen molar-refractivity contribution in [3.05, 3.63) is 65.5 Å². The molecule has 7 nitrogen and oxygen atoms in total. The van der Waals surface area contributed by atoms with Crippen molar-refractivity contribution in [2.24, 2.45) is 0 Å². The Morgan fingerprint density at radius 3 is 2.45 bits per heavy atom. The maximum Gasteiger partial charge on any atom is 0.305 e. The summed E-state index contributed by atoms with van der Waals surface area (Å²) >= 11 is 0. The maximum absolute atomic E-state index is 13.9.